The first kappa shape index (κ1) is 26.5. The van der Waals surface area contributed by atoms with Crippen LogP contribution in [0.25, 0.3) is 0 Å². The van der Waals surface area contributed by atoms with Crippen LogP contribution in [0.4, 0.5) is 4.79 Å². The zero-order valence-electron chi connectivity index (χ0n) is 17.5. The predicted octanol–water partition coefficient (Wildman–Crippen LogP) is 5.75. The van der Waals surface area contributed by atoms with Gasteiger partial charge in [-0.1, -0.05) is 26.8 Å². The summed E-state index contributed by atoms with van der Waals surface area (Å²) in [6.45, 7) is 18.0. The van der Waals surface area contributed by atoms with Crippen LogP contribution in [0.1, 0.15) is 67.7 Å². The van der Waals surface area contributed by atoms with Crippen molar-refractivity contribution in [3.05, 3.63) is 35.3 Å². The van der Waals surface area contributed by atoms with Gasteiger partial charge in [0.1, 0.15) is 5.76 Å². The molecule has 0 fully saturated rings. The van der Waals surface area contributed by atoms with Gasteiger partial charge in [0.2, 0.25) is 0 Å². The summed E-state index contributed by atoms with van der Waals surface area (Å²) in [7, 11) is 0. The molecular weight excluding hydrogens is 346 g/mol. The van der Waals surface area contributed by atoms with Crippen molar-refractivity contribution in [2.75, 3.05) is 5.75 Å². The first-order valence-corrected chi connectivity index (χ1v) is 10.0. The molecule has 2 amide bonds. The number of nitrogens with two attached hydrogens (primary N) is 1. The van der Waals surface area contributed by atoms with Gasteiger partial charge < -0.3 is 15.8 Å². The number of carbonyl (C=O) groups is 1. The second kappa shape index (κ2) is 16.8. The third kappa shape index (κ3) is 18.6. The van der Waals surface area contributed by atoms with E-state index in [1.165, 1.54) is 0 Å². The van der Waals surface area contributed by atoms with Crippen LogP contribution in [-0.4, -0.2) is 23.5 Å². The van der Waals surface area contributed by atoms with Crippen LogP contribution in [0.3, 0.4) is 0 Å². The standard InChI is InChI=1S/C14H23NOS.C6H14N2O/c1-7-14(8-2)16-12(5)10-17-13(6)9-15-11(3)4;1-3-4-5(2)8-6(7)9/h7,9H,5,8,10H2,1-4,6H3;5H,3-4H2,1-2H3,(H3,7,8,9)/b13-9+,14-7-;. The number of allylic oxidation sites excluding steroid dienone is 3. The molecule has 0 aliphatic carbocycles. The van der Waals surface area contributed by atoms with Crippen molar-refractivity contribution >= 4 is 23.5 Å². The number of primary amides is 1. The van der Waals surface area contributed by atoms with Crippen molar-refractivity contribution in [3.8, 4) is 0 Å². The molecule has 0 aromatic heterocycles. The molecule has 0 bridgehead atoms. The molecule has 0 aliphatic heterocycles. The number of hydrogen-bond acceptors (Lipinski definition) is 4. The number of nitrogens with one attached hydrogen (secondary N) is 1. The average Bonchev–Trinajstić information content (AvgIpc) is 2.56. The van der Waals surface area contributed by atoms with E-state index in [4.69, 9.17) is 10.5 Å². The fourth-order valence-electron chi connectivity index (χ4n) is 1.75. The Morgan fingerprint density at radius 1 is 1.35 bits per heavy atom. The second-order valence-corrected chi connectivity index (χ2v) is 7.27. The van der Waals surface area contributed by atoms with Crippen LogP contribution < -0.4 is 11.1 Å². The third-order valence-electron chi connectivity index (χ3n) is 3.02. The summed E-state index contributed by atoms with van der Waals surface area (Å²) < 4.78 is 5.61. The molecule has 0 saturated heterocycles. The van der Waals surface area contributed by atoms with Gasteiger partial charge in [0.05, 0.1) is 11.5 Å². The summed E-state index contributed by atoms with van der Waals surface area (Å²) in [5.74, 6) is 2.52. The van der Waals surface area contributed by atoms with E-state index in [0.29, 0.717) is 0 Å². The summed E-state index contributed by atoms with van der Waals surface area (Å²) in [5, 5.41) is 2.58. The normalized spacial score (nSPS) is 12.4. The Morgan fingerprint density at radius 3 is 2.38 bits per heavy atom. The number of amides is 2. The van der Waals surface area contributed by atoms with Gasteiger partial charge in [0.25, 0.3) is 0 Å². The lowest BCUT2D eigenvalue weighted by Crippen LogP contribution is -2.36. The van der Waals surface area contributed by atoms with E-state index in [0.717, 1.165) is 47.2 Å². The van der Waals surface area contributed by atoms with Gasteiger partial charge in [-0.25, -0.2) is 4.79 Å². The van der Waals surface area contributed by atoms with Crippen LogP contribution >= 0.6 is 11.8 Å². The molecule has 0 rings (SSSR count). The first-order chi connectivity index (χ1) is 12.2. The van der Waals surface area contributed by atoms with E-state index in [-0.39, 0.29) is 6.04 Å². The van der Waals surface area contributed by atoms with Crippen LogP contribution in [0.15, 0.2) is 40.3 Å². The number of hydrogen-bond donors (Lipinski definition) is 2. The predicted molar refractivity (Wildman–Crippen MR) is 116 cm³/mol. The van der Waals surface area contributed by atoms with E-state index in [1.807, 2.05) is 46.9 Å². The Bertz CT molecular complexity index is 507. The molecule has 1 unspecified atom stereocenters. The van der Waals surface area contributed by atoms with Crippen molar-refractivity contribution in [3.63, 3.8) is 0 Å². The van der Waals surface area contributed by atoms with Gasteiger partial charge in [-0.05, 0) is 47.1 Å². The van der Waals surface area contributed by atoms with E-state index < -0.39 is 6.03 Å². The summed E-state index contributed by atoms with van der Waals surface area (Å²) in [4.78, 5) is 15.6. The monoisotopic (exact) mass is 383 g/mol. The molecular formula is C20H37N3O2S. The molecule has 150 valence electrons. The Morgan fingerprint density at radius 2 is 1.96 bits per heavy atom. The van der Waals surface area contributed by atoms with Gasteiger partial charge in [0.15, 0.2) is 0 Å². The van der Waals surface area contributed by atoms with Crippen molar-refractivity contribution in [2.24, 2.45) is 10.7 Å². The second-order valence-electron chi connectivity index (χ2n) is 6.05. The third-order valence-corrected chi connectivity index (χ3v) is 4.05. The van der Waals surface area contributed by atoms with Crippen LogP contribution in [0.5, 0.6) is 0 Å². The van der Waals surface area contributed by atoms with E-state index in [1.54, 1.807) is 11.8 Å². The Balaban J connectivity index is 0. The minimum Gasteiger partial charge on any atom is -0.466 e. The molecule has 0 radical (unpaired) electrons. The fraction of sp³-hybridized carbons (Fsp3) is 0.600. The zero-order chi connectivity index (χ0) is 20.5. The van der Waals surface area contributed by atoms with Crippen LogP contribution in [-0.2, 0) is 4.74 Å². The number of ether oxygens (including phenoxy) is 1. The molecule has 3 N–H and O–H groups in total. The fourth-order valence-corrected chi connectivity index (χ4v) is 2.32. The summed E-state index contributed by atoms with van der Waals surface area (Å²) in [5.41, 5.74) is 5.93. The quantitative estimate of drug-likeness (QED) is 0.372. The first-order valence-electron chi connectivity index (χ1n) is 9.03. The van der Waals surface area contributed by atoms with Gasteiger partial charge >= 0.3 is 6.03 Å². The highest BCUT2D eigenvalue weighted by Crippen LogP contribution is 2.20. The van der Waals surface area contributed by atoms with Crippen molar-refractivity contribution in [2.45, 2.75) is 73.8 Å². The molecule has 0 aromatic rings. The Labute approximate surface area is 164 Å². The lowest BCUT2D eigenvalue weighted by Gasteiger charge is -2.10. The number of urea groups is 1. The number of rotatable bonds is 10. The van der Waals surface area contributed by atoms with E-state index in [2.05, 4.69) is 30.7 Å². The minimum absolute atomic E-state index is 0.215. The lowest BCUT2D eigenvalue weighted by molar-refractivity contribution is 0.245. The average molecular weight is 384 g/mol. The largest absolute Gasteiger partial charge is 0.466 e. The lowest BCUT2D eigenvalue weighted by atomic mass is 10.2. The smallest absolute Gasteiger partial charge is 0.312 e. The summed E-state index contributed by atoms with van der Waals surface area (Å²) in [6.07, 6.45) is 6.81. The number of nitrogens with zero attached hydrogens (tertiary/aromatic N) is 1. The number of aliphatic imine (C=N–C) groups is 1. The molecule has 5 nitrogen and oxygen atoms in total. The molecule has 0 saturated carbocycles. The minimum atomic E-state index is -0.434. The van der Waals surface area contributed by atoms with Gasteiger partial charge in [-0.3, -0.25) is 4.99 Å². The van der Waals surface area contributed by atoms with Crippen LogP contribution in [0.2, 0.25) is 0 Å². The highest BCUT2D eigenvalue weighted by molar-refractivity contribution is 8.03. The zero-order valence-corrected chi connectivity index (χ0v) is 18.3. The SMILES string of the molecule is C=C(CS/C(C)=C/N=C(C)C)O/C(=C\C)CC.CCCC(C)NC(N)=O. The molecule has 0 heterocycles. The Kier molecular flexibility index (Phi) is 17.1. The number of thioether (sulfide) groups is 1. The maximum atomic E-state index is 10.2. The molecule has 0 aliphatic rings. The van der Waals surface area contributed by atoms with Gasteiger partial charge in [-0.15, -0.1) is 11.8 Å². The summed E-state index contributed by atoms with van der Waals surface area (Å²) in [6, 6.07) is -0.219. The topological polar surface area (TPSA) is 76.7 Å². The van der Waals surface area contributed by atoms with Crippen molar-refractivity contribution < 1.29 is 9.53 Å². The Hall–Kier alpha value is -1.69. The van der Waals surface area contributed by atoms with E-state index >= 15 is 0 Å². The molecule has 26 heavy (non-hydrogen) atoms. The van der Waals surface area contributed by atoms with Crippen LogP contribution in [0, 0.1) is 0 Å². The maximum Gasteiger partial charge on any atom is 0.312 e. The number of carbonyl (C=O) groups excluding carboxylic acids is 1. The molecule has 6 heteroatoms. The molecule has 1 atom stereocenters. The molecule has 0 aromatic carbocycles. The van der Waals surface area contributed by atoms with Crippen molar-refractivity contribution in [1.29, 1.82) is 0 Å². The molecule has 0 spiro atoms. The highest BCUT2D eigenvalue weighted by Gasteiger charge is 2.01. The van der Waals surface area contributed by atoms with Gasteiger partial charge in [0, 0.05) is 29.3 Å². The van der Waals surface area contributed by atoms with Crippen molar-refractivity contribution in [1.82, 2.24) is 5.32 Å². The summed E-state index contributed by atoms with van der Waals surface area (Å²) >= 11 is 1.69. The maximum absolute atomic E-state index is 10.2. The van der Waals surface area contributed by atoms with Gasteiger partial charge in [-0.2, -0.15) is 0 Å². The van der Waals surface area contributed by atoms with E-state index in [9.17, 15) is 4.79 Å². The highest BCUT2D eigenvalue weighted by atomic mass is 32.2.